The molecule has 542 valence electrons. The summed E-state index contributed by atoms with van der Waals surface area (Å²) in [5.41, 5.74) is 3.02. The number of fused-ring (bicyclic) bond motifs is 6. The van der Waals surface area contributed by atoms with Crippen LogP contribution in [-0.4, -0.2) is 120 Å². The highest BCUT2D eigenvalue weighted by Crippen LogP contribution is 2.38. The predicted molar refractivity (Wildman–Crippen MR) is 402 cm³/mol. The van der Waals surface area contributed by atoms with Crippen LogP contribution in [-0.2, 0) is 24.1 Å². The van der Waals surface area contributed by atoms with Crippen molar-refractivity contribution in [3.8, 4) is 0 Å². The predicted octanol–water partition coefficient (Wildman–Crippen LogP) is 19.8. The van der Waals surface area contributed by atoms with Crippen molar-refractivity contribution in [1.29, 1.82) is 0 Å². The smallest absolute Gasteiger partial charge is 0.435 e. The van der Waals surface area contributed by atoms with Crippen molar-refractivity contribution in [2.75, 3.05) is 13.1 Å². The van der Waals surface area contributed by atoms with Crippen LogP contribution in [0.2, 0.25) is 0 Å². The maximum atomic E-state index is 13.8. The summed E-state index contributed by atoms with van der Waals surface area (Å²) in [5, 5.41) is 15.2. The number of aryl methyl sites for hydroxylation is 1. The fourth-order valence-electron chi connectivity index (χ4n) is 14.4. The molecule has 8 aromatic rings. The monoisotopic (exact) mass is 1430 g/mol. The third kappa shape index (κ3) is 19.2. The molecule has 0 bridgehead atoms. The Balaban J connectivity index is 0.000000168. The van der Waals surface area contributed by atoms with Crippen molar-refractivity contribution >= 4 is 118 Å². The number of rotatable bonds is 20. The molecule has 0 N–H and O–H groups in total. The second-order valence-electron chi connectivity index (χ2n) is 29.1. The summed E-state index contributed by atoms with van der Waals surface area (Å²) in [6.45, 7) is 20.3. The lowest BCUT2D eigenvalue weighted by molar-refractivity contribution is -0.119. The van der Waals surface area contributed by atoms with Gasteiger partial charge in [-0.3, -0.25) is 28.9 Å². The number of oxime groups is 3. The fourth-order valence-corrected chi connectivity index (χ4v) is 16.4. The van der Waals surface area contributed by atoms with Crippen molar-refractivity contribution < 1.29 is 52.1 Å². The molecule has 5 aromatic carbocycles. The quantitative estimate of drug-likeness (QED) is 0.0300. The van der Waals surface area contributed by atoms with Crippen LogP contribution in [0.25, 0.3) is 42.3 Å². The largest absolute Gasteiger partial charge is 0.436 e. The summed E-state index contributed by atoms with van der Waals surface area (Å²) < 4.78 is 20.9. The number of thiazole rings is 2. The second kappa shape index (κ2) is 35.5. The maximum absolute atomic E-state index is 13.8. The average Bonchev–Trinajstić information content (AvgIpc) is 1.61. The molecule has 4 aliphatic rings. The number of unbranched alkanes of at least 4 members (excludes halogenated alkanes) is 1. The first-order valence-corrected chi connectivity index (χ1v) is 38.3. The minimum Gasteiger partial charge on any atom is -0.435 e. The number of carbonyl (C=O) groups is 6. The van der Waals surface area contributed by atoms with Crippen molar-refractivity contribution in [1.82, 2.24) is 29.7 Å². The molecule has 3 atom stereocenters. The van der Waals surface area contributed by atoms with E-state index in [1.54, 1.807) is 49.9 Å². The van der Waals surface area contributed by atoms with Gasteiger partial charge in [-0.25, -0.2) is 33.7 Å². The zero-order valence-electron chi connectivity index (χ0n) is 60.7. The lowest BCUT2D eigenvalue weighted by Crippen LogP contribution is -2.48. The molecule has 3 unspecified atom stereocenters. The highest BCUT2D eigenvalue weighted by Gasteiger charge is 2.38. The summed E-state index contributed by atoms with van der Waals surface area (Å²) in [7, 11) is 0. The van der Waals surface area contributed by atoms with Gasteiger partial charge in [-0.2, -0.15) is 0 Å². The Bertz CT molecular complexity index is 4290. The van der Waals surface area contributed by atoms with Gasteiger partial charge in [0.25, 0.3) is 5.89 Å². The van der Waals surface area contributed by atoms with E-state index in [1.165, 1.54) is 66.5 Å². The third-order valence-electron chi connectivity index (χ3n) is 20.0. The van der Waals surface area contributed by atoms with Crippen molar-refractivity contribution in [3.05, 3.63) is 136 Å². The summed E-state index contributed by atoms with van der Waals surface area (Å²) >= 11 is 2.56. The molecule has 19 nitrogen and oxygen atoms in total. The Labute approximate surface area is 605 Å². The number of carbonyl (C=O) groups excluding carboxylic acids is 6. The molecule has 22 heteroatoms. The summed E-state index contributed by atoms with van der Waals surface area (Å²) in [5.74, 6) is 0.377. The molecule has 1 aliphatic heterocycles. The molecule has 4 heterocycles. The van der Waals surface area contributed by atoms with E-state index in [0.29, 0.717) is 63.2 Å². The zero-order valence-corrected chi connectivity index (χ0v) is 62.3. The highest BCUT2D eigenvalue weighted by molar-refractivity contribution is 7.21. The Hall–Kier alpha value is -8.63. The molecular formula is C80H98FN9O10S2. The Morgan fingerprint density at radius 2 is 1.26 bits per heavy atom. The van der Waals surface area contributed by atoms with Crippen LogP contribution in [0.5, 0.6) is 0 Å². The van der Waals surface area contributed by atoms with Crippen molar-refractivity contribution in [2.45, 2.75) is 222 Å². The highest BCUT2D eigenvalue weighted by atomic mass is 32.1. The first-order valence-electron chi connectivity index (χ1n) is 36.7. The number of para-hydroxylation sites is 2. The normalized spacial score (nSPS) is 17.5. The van der Waals surface area contributed by atoms with Gasteiger partial charge in [0.05, 0.1) is 20.4 Å². The number of amides is 3. The number of benzene rings is 5. The van der Waals surface area contributed by atoms with Gasteiger partial charge in [-0.15, -0.1) is 22.7 Å². The fraction of sp³-hybridized carbons (Fsp3) is 0.500. The van der Waals surface area contributed by atoms with Gasteiger partial charge in [0.1, 0.15) is 16.3 Å². The molecule has 4 fully saturated rings. The van der Waals surface area contributed by atoms with Crippen molar-refractivity contribution in [3.63, 3.8) is 0 Å². The number of Topliss-reactive ketones (excluding diaryl/α,β-unsaturated/α-hetero) is 3. The Morgan fingerprint density at radius 3 is 1.94 bits per heavy atom. The SMILES string of the molecule is CC(C)(C)C(=O)/C(=N\OC(=O)N1CCC2CCCCC2C1)c1nc2ccccc2o1.CCCCC(CC)CC(=O)/C(=N\OC(=O)N(C1CCCCC1)C1CCCCC1)c1nc2c(ccc3ccccc32)s1.Cc1ccccc1C(=O)/C(=N\OC(=O)N(C(C)C)C(C)C)c1nc2ccc(F)cc2s1. The van der Waals surface area contributed by atoms with Gasteiger partial charge >= 0.3 is 18.3 Å². The topological polar surface area (TPSA) is 229 Å². The molecule has 12 rings (SSSR count). The standard InChI is InChI=1S/C34H45N3O3S.C23H24FN3O3S.C23H29N3O4/c1-3-5-14-24(4-2)23-29(38)32(33-35-31-28-20-13-12-15-25(28)21-22-30(31)41-33)36-40-34(39)37(26-16-8-6-9-17-26)27-18-10-7-11-19-27;1-13(2)27(14(3)4)23(29)30-26-20(21(28)17-9-7-6-8-15(17)5)22-25-18-11-10-16(24)12-19(18)31-22;1-23(2,3)20(27)19(21-24-17-10-6-7-11-18(17)29-21)25-30-22(28)26-13-12-15-8-4-5-9-16(15)14-26/h12-13,15,20-22,24,26-27H,3-11,14,16-19,23H2,1-2H3;6-14H,1-5H3;6-7,10-11,15-16H,4-5,8-9,12-14H2,1-3H3/b36-32+;26-20+;25-19+. The first kappa shape index (κ1) is 76.0. The number of hydrogen-bond donors (Lipinski definition) is 0. The summed E-state index contributed by atoms with van der Waals surface area (Å²) in [6, 6.07) is 30.9. The Kier molecular flexibility index (Phi) is 26.5. The van der Waals surface area contributed by atoms with E-state index in [-0.39, 0.29) is 69.7 Å². The van der Waals surface area contributed by atoms with E-state index in [9.17, 15) is 33.2 Å². The number of oxazole rings is 1. The van der Waals surface area contributed by atoms with E-state index in [4.69, 9.17) is 23.9 Å². The molecule has 3 aromatic heterocycles. The van der Waals surface area contributed by atoms with Gasteiger partial charge in [-0.05, 0) is 138 Å². The van der Waals surface area contributed by atoms with Gasteiger partial charge in [0.2, 0.25) is 11.5 Å². The van der Waals surface area contributed by atoms with Gasteiger partial charge in [0, 0.05) is 60.0 Å². The van der Waals surface area contributed by atoms with Gasteiger partial charge < -0.3 is 19.1 Å². The van der Waals surface area contributed by atoms with Gasteiger partial charge in [-0.1, -0.05) is 200 Å². The van der Waals surface area contributed by atoms with Crippen molar-refractivity contribution in [2.24, 2.45) is 38.6 Å². The van der Waals surface area contributed by atoms with Crippen LogP contribution in [0, 0.1) is 35.9 Å². The molecule has 3 aliphatic carbocycles. The van der Waals surface area contributed by atoms with E-state index >= 15 is 0 Å². The maximum Gasteiger partial charge on any atom is 0.436 e. The molecule has 3 saturated carbocycles. The molecule has 102 heavy (non-hydrogen) atoms. The van der Waals surface area contributed by atoms with Crippen LogP contribution in [0.4, 0.5) is 18.8 Å². The van der Waals surface area contributed by atoms with E-state index in [1.807, 2.05) is 75.9 Å². The minimum absolute atomic E-state index is 0.0647. The average molecular weight is 1430 g/mol. The molecular weight excluding hydrogens is 1330 g/mol. The molecule has 0 spiro atoms. The Morgan fingerprint density at radius 1 is 0.647 bits per heavy atom. The van der Waals surface area contributed by atoms with Crippen LogP contribution in [0.15, 0.2) is 123 Å². The van der Waals surface area contributed by atoms with E-state index in [2.05, 4.69) is 63.5 Å². The van der Waals surface area contributed by atoms with Crippen LogP contribution in [0.1, 0.15) is 223 Å². The summed E-state index contributed by atoms with van der Waals surface area (Å²) in [4.78, 5) is 114. The summed E-state index contributed by atoms with van der Waals surface area (Å²) in [6.07, 6.45) is 20.0. The second-order valence-corrected chi connectivity index (χ2v) is 31.1. The molecule has 0 radical (unpaired) electrons. The third-order valence-corrected chi connectivity index (χ3v) is 22.0. The molecule has 1 saturated heterocycles. The number of piperidine rings is 1. The number of nitrogens with zero attached hydrogens (tertiary/aromatic N) is 9. The van der Waals surface area contributed by atoms with Crippen LogP contribution in [0.3, 0.4) is 0 Å². The zero-order chi connectivity index (χ0) is 72.6. The lowest BCUT2D eigenvalue weighted by Gasteiger charge is -2.40. The number of hydrogen-bond acceptors (Lipinski definition) is 18. The lowest BCUT2D eigenvalue weighted by atomic mass is 9.75. The number of likely N-dealkylation sites (tertiary alicyclic amines) is 1. The van der Waals surface area contributed by atoms with E-state index in [0.717, 1.165) is 128 Å². The van der Waals surface area contributed by atoms with Gasteiger partial charge in [0.15, 0.2) is 33.6 Å². The van der Waals surface area contributed by atoms with E-state index < -0.39 is 35.3 Å². The minimum atomic E-state index is -0.730. The first-order chi connectivity index (χ1) is 49.1. The number of ketones is 3. The number of aromatic nitrogens is 3. The van der Waals surface area contributed by atoms with Crippen LogP contribution >= 0.6 is 22.7 Å². The number of halogens is 1. The van der Waals surface area contributed by atoms with Crippen LogP contribution < -0.4 is 0 Å². The molecule has 3 amide bonds.